The summed E-state index contributed by atoms with van der Waals surface area (Å²) in [5, 5.41) is 11.8. The second-order valence-corrected chi connectivity index (χ2v) is 18.5. The van der Waals surface area contributed by atoms with Gasteiger partial charge in [-0.1, -0.05) is 120 Å². The minimum atomic E-state index is -1.02. The first kappa shape index (κ1) is 49.5. The average Bonchev–Trinajstić information content (AvgIpc) is 3.99. The number of likely N-dealkylation sites (N-methyl/N-ethyl adjacent to an activating group) is 1. The molecule has 2 aromatic carbocycles. The number of hydrogen-bond acceptors (Lipinski definition) is 8. The Kier molecular flexibility index (Phi) is 20.9. The maximum Gasteiger partial charge on any atom is 0.243 e. The number of Topliss-reactive ketones (excluding diaryl/α,β-unsaturated/α-hetero) is 1. The quantitative estimate of drug-likeness (QED) is 0.0637. The van der Waals surface area contributed by atoms with Crippen LogP contribution < -0.4 is 21.3 Å². The lowest BCUT2D eigenvalue weighted by molar-refractivity contribution is -0.135. The van der Waals surface area contributed by atoms with E-state index in [1.54, 1.807) is 6.92 Å². The summed E-state index contributed by atoms with van der Waals surface area (Å²) in [5.74, 6) is -1.64. The van der Waals surface area contributed by atoms with E-state index in [-0.39, 0.29) is 29.9 Å². The summed E-state index contributed by atoms with van der Waals surface area (Å²) in [6.45, 7) is 15.8. The number of ketones is 1. The summed E-state index contributed by atoms with van der Waals surface area (Å²) in [6.07, 6.45) is 9.80. The number of carbonyl (C=O) groups excluding carboxylic acids is 5. The van der Waals surface area contributed by atoms with E-state index in [4.69, 9.17) is 4.74 Å². The van der Waals surface area contributed by atoms with Gasteiger partial charge in [0, 0.05) is 39.0 Å². The smallest absolute Gasteiger partial charge is 0.243 e. The molecule has 0 aliphatic carbocycles. The highest BCUT2D eigenvalue weighted by Crippen LogP contribution is 2.30. The van der Waals surface area contributed by atoms with Crippen molar-refractivity contribution in [3.05, 3.63) is 71.8 Å². The third kappa shape index (κ3) is 18.4. The van der Waals surface area contributed by atoms with Gasteiger partial charge in [0.15, 0.2) is 5.78 Å². The second kappa shape index (κ2) is 25.7. The fourth-order valence-electron chi connectivity index (χ4n) is 7.97. The molecule has 2 unspecified atom stereocenters. The van der Waals surface area contributed by atoms with Crippen LogP contribution in [-0.2, 0) is 41.6 Å². The number of nitrogens with one attached hydrogen (secondary N) is 4. The summed E-state index contributed by atoms with van der Waals surface area (Å²) < 4.78 is 5.44. The van der Waals surface area contributed by atoms with Crippen LogP contribution in [0.1, 0.15) is 116 Å². The van der Waals surface area contributed by atoms with Gasteiger partial charge < -0.3 is 35.8 Å². The molecule has 5 atom stereocenters. The maximum absolute atomic E-state index is 14.2. The number of unbranched alkanes of at least 4 members (excludes halogenated alkanes) is 6. The molecule has 0 radical (unpaired) electrons. The number of piperazine rings is 1. The zero-order valence-electron chi connectivity index (χ0n) is 38.0. The minimum Gasteiger partial charge on any atom is -0.361 e. The van der Waals surface area contributed by atoms with Crippen LogP contribution in [0.3, 0.4) is 0 Å². The highest BCUT2D eigenvalue weighted by Gasteiger charge is 2.50. The van der Waals surface area contributed by atoms with E-state index in [1.807, 2.05) is 88.4 Å². The molecule has 2 aliphatic rings. The van der Waals surface area contributed by atoms with E-state index in [0.717, 1.165) is 63.0 Å². The van der Waals surface area contributed by atoms with E-state index in [2.05, 4.69) is 38.1 Å². The van der Waals surface area contributed by atoms with Crippen LogP contribution in [0.5, 0.6) is 0 Å². The van der Waals surface area contributed by atoms with Crippen LogP contribution in [0.15, 0.2) is 60.7 Å². The minimum absolute atomic E-state index is 0.0269. The molecular weight excluding hydrogens is 769 g/mol. The van der Waals surface area contributed by atoms with Crippen molar-refractivity contribution in [3.8, 4) is 0 Å². The lowest BCUT2D eigenvalue weighted by Gasteiger charge is -2.32. The zero-order chi connectivity index (χ0) is 44.2. The molecule has 0 saturated carbocycles. The average molecular weight is 845 g/mol. The van der Waals surface area contributed by atoms with E-state index < -0.39 is 47.5 Å². The first-order valence-corrected chi connectivity index (χ1v) is 23.1. The molecule has 2 saturated heterocycles. The lowest BCUT2D eigenvalue weighted by atomic mass is 9.93. The Balaban J connectivity index is 1.36. The van der Waals surface area contributed by atoms with Crippen LogP contribution in [0.2, 0.25) is 0 Å². The molecule has 4 amide bonds. The molecule has 0 spiro atoms. The van der Waals surface area contributed by atoms with Gasteiger partial charge in [0.2, 0.25) is 23.6 Å². The molecule has 4 rings (SSSR count). The largest absolute Gasteiger partial charge is 0.361 e. The Morgan fingerprint density at radius 3 is 1.70 bits per heavy atom. The normalized spacial score (nSPS) is 18.8. The van der Waals surface area contributed by atoms with Crippen LogP contribution >= 0.6 is 0 Å². The fraction of sp³-hybridized carbons (Fsp3) is 0.653. The van der Waals surface area contributed by atoms with Gasteiger partial charge in [-0.2, -0.15) is 0 Å². The number of epoxide rings is 1. The van der Waals surface area contributed by atoms with Crippen molar-refractivity contribution in [2.45, 2.75) is 148 Å². The molecule has 12 nitrogen and oxygen atoms in total. The van der Waals surface area contributed by atoms with Gasteiger partial charge in [-0.3, -0.25) is 24.0 Å². The lowest BCUT2D eigenvalue weighted by Crippen LogP contribution is -2.59. The predicted octanol–water partition coefficient (Wildman–Crippen LogP) is 5.62. The number of aryl methyl sites for hydroxylation is 1. The molecule has 2 heterocycles. The third-order valence-corrected chi connectivity index (χ3v) is 11.9. The van der Waals surface area contributed by atoms with Gasteiger partial charge in [0.05, 0.1) is 12.6 Å². The molecule has 2 aliphatic heterocycles. The van der Waals surface area contributed by atoms with Crippen molar-refractivity contribution in [2.24, 2.45) is 11.8 Å². The van der Waals surface area contributed by atoms with Gasteiger partial charge in [0.25, 0.3) is 0 Å². The summed E-state index contributed by atoms with van der Waals surface area (Å²) in [5.41, 5.74) is 0.951. The number of hydrogen-bond donors (Lipinski definition) is 4. The molecule has 12 heteroatoms. The van der Waals surface area contributed by atoms with E-state index in [0.29, 0.717) is 38.7 Å². The van der Waals surface area contributed by atoms with Gasteiger partial charge in [-0.05, 0) is 82.0 Å². The Hall–Kier alpha value is -4.13. The first-order chi connectivity index (χ1) is 29.2. The van der Waals surface area contributed by atoms with Crippen molar-refractivity contribution < 1.29 is 28.7 Å². The van der Waals surface area contributed by atoms with Gasteiger partial charge in [-0.15, -0.1) is 0 Å². The maximum atomic E-state index is 14.2. The summed E-state index contributed by atoms with van der Waals surface area (Å²) in [7, 11) is 2.19. The monoisotopic (exact) mass is 845 g/mol. The SMILES string of the molecule is CC(C)CC(NC(=O)[C@H](CCc1ccccc1)NC(=O)CCCCCCCCCN1CCN(C)CC1)C(=O)N[C@@H](Cc1ccccc1)C(=O)NC(CC(C)C)C(=O)[C@@]1(C)CO1. The van der Waals surface area contributed by atoms with Crippen molar-refractivity contribution in [1.29, 1.82) is 0 Å². The van der Waals surface area contributed by atoms with Crippen molar-refractivity contribution >= 4 is 29.4 Å². The van der Waals surface area contributed by atoms with E-state index in [9.17, 15) is 24.0 Å². The molecule has 0 bridgehead atoms. The summed E-state index contributed by atoms with van der Waals surface area (Å²) >= 11 is 0. The Labute approximate surface area is 366 Å². The number of carbonyl (C=O) groups is 5. The Morgan fingerprint density at radius 2 is 1.11 bits per heavy atom. The standard InChI is InChI=1S/C49H76N6O6/c1-36(2)32-41(45(57)49(5)35-61-49)51-48(60)43(34-39-22-16-13-17-23-39)53-47(59)42(33-37(3)4)52-46(58)40(26-25-38-20-14-12-15-21-38)50-44(56)24-18-10-8-7-9-11-19-27-55-30-28-54(6)29-31-55/h12-17,20-23,36-37,40-43H,7-11,18-19,24-35H2,1-6H3,(H,50,56)(H,51,60)(H,52,58)(H,53,59)/t40-,41?,42?,43-,49+/m0/s1. The Morgan fingerprint density at radius 1 is 0.623 bits per heavy atom. The fourth-order valence-corrected chi connectivity index (χ4v) is 7.97. The van der Waals surface area contributed by atoms with Crippen molar-refractivity contribution in [3.63, 3.8) is 0 Å². The molecule has 0 aromatic heterocycles. The van der Waals surface area contributed by atoms with E-state index in [1.165, 1.54) is 25.8 Å². The summed E-state index contributed by atoms with van der Waals surface area (Å²) in [6, 6.07) is 15.6. The molecule has 2 aromatic rings. The number of rotatable bonds is 28. The van der Waals surface area contributed by atoms with Crippen LogP contribution in [0, 0.1) is 11.8 Å². The predicted molar refractivity (Wildman–Crippen MR) is 242 cm³/mol. The van der Waals surface area contributed by atoms with E-state index >= 15 is 0 Å². The van der Waals surface area contributed by atoms with Crippen molar-refractivity contribution in [2.75, 3.05) is 46.4 Å². The summed E-state index contributed by atoms with van der Waals surface area (Å²) in [4.78, 5) is 74.0. The zero-order valence-corrected chi connectivity index (χ0v) is 38.0. The molecular formula is C49H76N6O6. The number of amides is 4. The molecule has 2 fully saturated rings. The van der Waals surface area contributed by atoms with Gasteiger partial charge >= 0.3 is 0 Å². The topological polar surface area (TPSA) is 152 Å². The number of benzene rings is 2. The van der Waals surface area contributed by atoms with Crippen molar-refractivity contribution in [1.82, 2.24) is 31.1 Å². The molecule has 61 heavy (non-hydrogen) atoms. The second-order valence-electron chi connectivity index (χ2n) is 18.5. The third-order valence-electron chi connectivity index (χ3n) is 11.9. The molecule has 338 valence electrons. The van der Waals surface area contributed by atoms with Crippen LogP contribution in [0.4, 0.5) is 0 Å². The number of ether oxygens (including phenoxy) is 1. The highest BCUT2D eigenvalue weighted by molar-refractivity contribution is 5.98. The van der Waals surface area contributed by atoms with Crippen LogP contribution in [0.25, 0.3) is 0 Å². The number of nitrogens with zero attached hydrogens (tertiary/aromatic N) is 2. The molecule has 4 N–H and O–H groups in total. The Bertz CT molecular complexity index is 1640. The highest BCUT2D eigenvalue weighted by atomic mass is 16.6. The van der Waals surface area contributed by atoms with Gasteiger partial charge in [-0.25, -0.2) is 0 Å². The van der Waals surface area contributed by atoms with Crippen LogP contribution in [-0.4, -0.2) is 115 Å². The van der Waals surface area contributed by atoms with Gasteiger partial charge in [0.1, 0.15) is 23.7 Å². The first-order valence-electron chi connectivity index (χ1n) is 23.1.